The third kappa shape index (κ3) is 2.84. The van der Waals surface area contributed by atoms with Crippen LogP contribution in [0.5, 0.6) is 0 Å². The molecule has 0 saturated heterocycles. The number of anilines is 1. The van der Waals surface area contributed by atoms with Crippen molar-refractivity contribution >= 4 is 69.5 Å². The molecule has 10 heteroatoms. The Hall–Kier alpha value is -0.980. The smallest absolute Gasteiger partial charge is 0.288 e. The second kappa shape index (κ2) is 6.02. The molecule has 0 unspecified atom stereocenters. The van der Waals surface area contributed by atoms with Gasteiger partial charge in [0.2, 0.25) is 0 Å². The van der Waals surface area contributed by atoms with Crippen molar-refractivity contribution in [2.75, 3.05) is 5.73 Å². The van der Waals surface area contributed by atoms with Gasteiger partial charge in [0.15, 0.2) is 0 Å². The fourth-order valence-electron chi connectivity index (χ4n) is 1.61. The number of nitrogens with two attached hydrogens (primary N) is 1. The second-order valence-corrected chi connectivity index (χ2v) is 5.72. The van der Waals surface area contributed by atoms with Gasteiger partial charge in [-0.15, -0.1) is 0 Å². The lowest BCUT2D eigenvalue weighted by Crippen LogP contribution is -1.98. The molecule has 1 heterocycles. The first-order valence-electron chi connectivity index (χ1n) is 5.17. The number of nitrogens with zero attached hydrogens (tertiary/aromatic N) is 2. The van der Waals surface area contributed by atoms with E-state index >= 15 is 0 Å². The molecule has 0 amide bonds. The quantitative estimate of drug-likeness (QED) is 0.319. The Morgan fingerprint density at radius 2 is 1.48 bits per heavy atom. The van der Waals surface area contributed by atoms with Gasteiger partial charge in [0.1, 0.15) is 12.0 Å². The number of nitrogen functional groups attached to an aromatic ring is 1. The predicted molar refractivity (Wildman–Crippen MR) is 85.8 cm³/mol. The fourth-order valence-corrected chi connectivity index (χ4v) is 2.95. The van der Waals surface area contributed by atoms with Crippen LogP contribution in [0, 0.1) is 10.1 Å². The van der Waals surface area contributed by atoms with Gasteiger partial charge in [0.25, 0.3) is 5.69 Å². The molecule has 2 N–H and O–H groups in total. The predicted octanol–water partition coefficient (Wildman–Crippen LogP) is 5.51. The Balaban J connectivity index is 2.85. The molecule has 1 aromatic carbocycles. The number of rotatable bonds is 2. The van der Waals surface area contributed by atoms with Gasteiger partial charge in [0, 0.05) is 17.2 Å². The van der Waals surface area contributed by atoms with Crippen molar-refractivity contribution in [2.24, 2.45) is 0 Å². The molecule has 0 saturated carbocycles. The first-order chi connectivity index (χ1) is 9.75. The van der Waals surface area contributed by atoms with Crippen LogP contribution in [0.15, 0.2) is 12.3 Å². The molecule has 0 aliphatic rings. The minimum Gasteiger partial charge on any atom is -0.383 e. The normalized spacial score (nSPS) is 10.7. The summed E-state index contributed by atoms with van der Waals surface area (Å²) in [6.07, 6.45) is 1.01. The maximum atomic E-state index is 10.8. The van der Waals surface area contributed by atoms with Gasteiger partial charge in [-0.05, 0) is 0 Å². The third-order valence-corrected chi connectivity index (χ3v) is 4.87. The zero-order valence-electron chi connectivity index (χ0n) is 9.83. The van der Waals surface area contributed by atoms with Crippen LogP contribution in [0.3, 0.4) is 0 Å². The lowest BCUT2D eigenvalue weighted by molar-refractivity contribution is -0.385. The van der Waals surface area contributed by atoms with Crippen molar-refractivity contribution in [3.8, 4) is 11.1 Å². The summed E-state index contributed by atoms with van der Waals surface area (Å²) in [4.78, 5) is 14.0. The number of hydrogen-bond acceptors (Lipinski definition) is 4. The molecule has 21 heavy (non-hydrogen) atoms. The van der Waals surface area contributed by atoms with Gasteiger partial charge in [-0.3, -0.25) is 10.1 Å². The van der Waals surface area contributed by atoms with Crippen LogP contribution >= 0.6 is 58.0 Å². The highest BCUT2D eigenvalue weighted by Crippen LogP contribution is 2.49. The van der Waals surface area contributed by atoms with Gasteiger partial charge in [-0.1, -0.05) is 58.0 Å². The molecular weight excluding hydrogens is 383 g/mol. The Kier molecular flexibility index (Phi) is 4.70. The van der Waals surface area contributed by atoms with E-state index in [1.165, 1.54) is 6.07 Å². The number of benzene rings is 1. The molecule has 0 radical (unpaired) electrons. The van der Waals surface area contributed by atoms with Crippen molar-refractivity contribution in [1.82, 2.24) is 4.98 Å². The van der Waals surface area contributed by atoms with E-state index in [1.54, 1.807) is 0 Å². The standard InChI is InChI=1S/C11H4Cl5N3O2/c12-6-5(7(13)9(15)10(16)8(6)14)4-1-3(19(20)21)2-18-11(4)17/h1-2H,(H2,17,18). The topological polar surface area (TPSA) is 82.0 Å². The third-order valence-electron chi connectivity index (χ3n) is 2.59. The summed E-state index contributed by atoms with van der Waals surface area (Å²) >= 11 is 30.0. The minimum atomic E-state index is -0.628. The number of hydrogen-bond donors (Lipinski definition) is 1. The largest absolute Gasteiger partial charge is 0.383 e. The van der Waals surface area contributed by atoms with E-state index in [-0.39, 0.29) is 47.7 Å². The summed E-state index contributed by atoms with van der Waals surface area (Å²) in [5, 5.41) is 10.7. The number of halogens is 5. The van der Waals surface area contributed by atoms with Crippen LogP contribution in [0.25, 0.3) is 11.1 Å². The van der Waals surface area contributed by atoms with E-state index in [9.17, 15) is 10.1 Å². The van der Waals surface area contributed by atoms with Crippen molar-refractivity contribution in [3.63, 3.8) is 0 Å². The highest BCUT2D eigenvalue weighted by Gasteiger charge is 2.23. The van der Waals surface area contributed by atoms with Crippen molar-refractivity contribution < 1.29 is 4.92 Å². The highest BCUT2D eigenvalue weighted by atomic mass is 35.5. The van der Waals surface area contributed by atoms with E-state index in [2.05, 4.69) is 4.98 Å². The SMILES string of the molecule is Nc1ncc([N+](=O)[O-])cc1-c1c(Cl)c(Cl)c(Cl)c(Cl)c1Cl. The molecule has 0 bridgehead atoms. The Bertz CT molecular complexity index is 737. The van der Waals surface area contributed by atoms with Gasteiger partial charge < -0.3 is 5.73 Å². The van der Waals surface area contributed by atoms with Crippen LogP contribution in [0.1, 0.15) is 0 Å². The summed E-state index contributed by atoms with van der Waals surface area (Å²) < 4.78 is 0. The fraction of sp³-hybridized carbons (Fsp3) is 0. The lowest BCUT2D eigenvalue weighted by Gasteiger charge is -2.13. The van der Waals surface area contributed by atoms with Crippen LogP contribution in [-0.4, -0.2) is 9.91 Å². The van der Waals surface area contributed by atoms with Gasteiger partial charge in [-0.25, -0.2) is 4.98 Å². The molecule has 110 valence electrons. The summed E-state index contributed by atoms with van der Waals surface area (Å²) in [5.74, 6) is -0.0149. The van der Waals surface area contributed by atoms with Crippen molar-refractivity contribution in [3.05, 3.63) is 47.5 Å². The van der Waals surface area contributed by atoms with Crippen LogP contribution in [0.4, 0.5) is 11.5 Å². The van der Waals surface area contributed by atoms with E-state index in [0.717, 1.165) is 6.20 Å². The molecule has 1 aromatic heterocycles. The van der Waals surface area contributed by atoms with Gasteiger partial charge in [0.05, 0.1) is 30.0 Å². The molecule has 5 nitrogen and oxygen atoms in total. The average Bonchev–Trinajstić information content (AvgIpc) is 2.45. The number of pyridine rings is 1. The molecule has 0 fully saturated rings. The van der Waals surface area contributed by atoms with E-state index in [4.69, 9.17) is 63.7 Å². The highest BCUT2D eigenvalue weighted by molar-refractivity contribution is 6.56. The van der Waals surface area contributed by atoms with Crippen LogP contribution in [-0.2, 0) is 0 Å². The van der Waals surface area contributed by atoms with Gasteiger partial charge in [-0.2, -0.15) is 0 Å². The monoisotopic (exact) mass is 385 g/mol. The maximum absolute atomic E-state index is 10.8. The lowest BCUT2D eigenvalue weighted by atomic mass is 10.1. The summed E-state index contributed by atoms with van der Waals surface area (Å²) in [5.41, 5.74) is 5.71. The molecule has 2 rings (SSSR count). The average molecular weight is 387 g/mol. The zero-order chi connectivity index (χ0) is 15.9. The Morgan fingerprint density at radius 3 is 1.95 bits per heavy atom. The molecule has 0 spiro atoms. The first-order valence-corrected chi connectivity index (χ1v) is 7.06. The Labute approximate surface area is 143 Å². The summed E-state index contributed by atoms with van der Waals surface area (Å²) in [7, 11) is 0. The minimum absolute atomic E-state index is 0.0149. The molecule has 0 atom stereocenters. The van der Waals surface area contributed by atoms with E-state index in [0.29, 0.717) is 0 Å². The second-order valence-electron chi connectivity index (χ2n) is 3.83. The zero-order valence-corrected chi connectivity index (χ0v) is 13.6. The van der Waals surface area contributed by atoms with E-state index in [1.807, 2.05) is 0 Å². The van der Waals surface area contributed by atoms with E-state index < -0.39 is 4.92 Å². The van der Waals surface area contributed by atoms with Gasteiger partial charge >= 0.3 is 0 Å². The van der Waals surface area contributed by atoms with Crippen LogP contribution in [0.2, 0.25) is 25.1 Å². The maximum Gasteiger partial charge on any atom is 0.288 e. The Morgan fingerprint density at radius 1 is 1.00 bits per heavy atom. The molecule has 2 aromatic rings. The number of aromatic nitrogens is 1. The van der Waals surface area contributed by atoms with Crippen molar-refractivity contribution in [2.45, 2.75) is 0 Å². The van der Waals surface area contributed by atoms with Crippen LogP contribution < -0.4 is 5.73 Å². The summed E-state index contributed by atoms with van der Waals surface area (Å²) in [6.45, 7) is 0. The molecular formula is C11H4Cl5N3O2. The number of nitro groups is 1. The summed E-state index contributed by atoms with van der Waals surface area (Å²) in [6, 6.07) is 1.18. The molecule has 0 aliphatic heterocycles. The van der Waals surface area contributed by atoms with Crippen molar-refractivity contribution in [1.29, 1.82) is 0 Å². The molecule has 0 aliphatic carbocycles. The first kappa shape index (κ1) is 16.4.